The van der Waals surface area contributed by atoms with Gasteiger partial charge in [-0.25, -0.2) is 5.09 Å². The van der Waals surface area contributed by atoms with Crippen LogP contribution in [0.15, 0.2) is 72.8 Å². The molecule has 244 valence electrons. The molecule has 1 aliphatic carbocycles. The van der Waals surface area contributed by atoms with Crippen LogP contribution in [0.3, 0.4) is 0 Å². The number of nitrogens with one attached hydrogen (secondary N) is 1. The van der Waals surface area contributed by atoms with Crippen LogP contribution in [0.4, 0.5) is 0 Å². The van der Waals surface area contributed by atoms with Gasteiger partial charge < -0.3 is 19.1 Å². The number of aromatic hydroxyl groups is 1. The van der Waals surface area contributed by atoms with Crippen LogP contribution in [0.25, 0.3) is 10.8 Å². The zero-order valence-corrected chi connectivity index (χ0v) is 28.4. The number of carbonyl (C=O) groups excluding carboxylic acids is 1. The van der Waals surface area contributed by atoms with Crippen molar-refractivity contribution in [3.8, 4) is 17.2 Å². The average Bonchev–Trinajstić information content (AvgIpc) is 3.03. The largest absolute Gasteiger partial charge is 0.508 e. The summed E-state index contributed by atoms with van der Waals surface area (Å²) < 4.78 is 32.7. The Bertz CT molecular complexity index is 1700. The third-order valence-electron chi connectivity index (χ3n) is 8.74. The molecule has 4 aromatic carbocycles. The zero-order valence-electron chi connectivity index (χ0n) is 27.5. The number of phenolic OH excluding ortho intramolecular Hbond substituents is 1. The Hall–Kier alpha value is -3.80. The number of esters is 1. The first-order valence-corrected chi connectivity index (χ1v) is 18.1. The first kappa shape index (κ1) is 33.6. The summed E-state index contributed by atoms with van der Waals surface area (Å²) in [5.74, 6) is 1.10. The summed E-state index contributed by atoms with van der Waals surface area (Å²) in [6, 6.07) is 22.1. The predicted octanol–water partition coefficient (Wildman–Crippen LogP) is 9.34. The van der Waals surface area contributed by atoms with Crippen LogP contribution in [0, 0.1) is 13.8 Å². The van der Waals surface area contributed by atoms with Gasteiger partial charge in [-0.3, -0.25) is 9.36 Å². The Labute approximate surface area is 272 Å². The topological polar surface area (TPSA) is 94.1 Å². The van der Waals surface area contributed by atoms with E-state index >= 15 is 0 Å². The Balaban J connectivity index is 1.36. The second-order valence-corrected chi connectivity index (χ2v) is 14.9. The summed E-state index contributed by atoms with van der Waals surface area (Å²) in [5, 5.41) is 15.0. The molecule has 1 saturated carbocycles. The van der Waals surface area contributed by atoms with Crippen molar-refractivity contribution in [2.24, 2.45) is 0 Å². The van der Waals surface area contributed by atoms with E-state index in [0.29, 0.717) is 23.7 Å². The highest BCUT2D eigenvalue weighted by Gasteiger charge is 2.33. The van der Waals surface area contributed by atoms with Gasteiger partial charge in [0.25, 0.3) is 0 Å². The molecule has 46 heavy (non-hydrogen) atoms. The number of hydrogen-bond donors (Lipinski definition) is 2. The number of benzene rings is 4. The minimum Gasteiger partial charge on any atom is -0.508 e. The monoisotopic (exact) mass is 643 g/mol. The molecule has 1 aliphatic rings. The molecule has 2 atom stereocenters. The van der Waals surface area contributed by atoms with Gasteiger partial charge in [0.1, 0.15) is 29.4 Å². The predicted molar refractivity (Wildman–Crippen MR) is 184 cm³/mol. The minimum absolute atomic E-state index is 0.108. The first-order chi connectivity index (χ1) is 22.0. The van der Waals surface area contributed by atoms with Crippen molar-refractivity contribution in [2.45, 2.75) is 91.2 Å². The van der Waals surface area contributed by atoms with E-state index in [4.69, 9.17) is 14.0 Å². The van der Waals surface area contributed by atoms with Crippen molar-refractivity contribution in [3.05, 3.63) is 101 Å². The third-order valence-corrected chi connectivity index (χ3v) is 10.5. The summed E-state index contributed by atoms with van der Waals surface area (Å²) in [6.45, 7) is 9.86. The number of fused-ring (bicyclic) bond motifs is 1. The molecule has 4 aromatic rings. The fourth-order valence-electron chi connectivity index (χ4n) is 6.18. The Morgan fingerprint density at radius 3 is 2.35 bits per heavy atom. The lowest BCUT2D eigenvalue weighted by molar-refractivity contribution is -0.152. The van der Waals surface area contributed by atoms with Gasteiger partial charge in [0.15, 0.2) is 6.35 Å². The smallest absolute Gasteiger partial charge is 0.354 e. The van der Waals surface area contributed by atoms with Crippen molar-refractivity contribution < 1.29 is 28.5 Å². The van der Waals surface area contributed by atoms with E-state index in [1.807, 2.05) is 68.4 Å². The number of ether oxygens (including phenoxy) is 2. The van der Waals surface area contributed by atoms with Gasteiger partial charge in [0, 0.05) is 5.39 Å². The van der Waals surface area contributed by atoms with E-state index in [0.717, 1.165) is 65.1 Å². The van der Waals surface area contributed by atoms with E-state index in [9.17, 15) is 14.5 Å². The second-order valence-electron chi connectivity index (χ2n) is 12.8. The normalized spacial score (nSPS) is 15.8. The summed E-state index contributed by atoms with van der Waals surface area (Å²) in [6.07, 6.45) is 5.27. The Morgan fingerprint density at radius 1 is 0.935 bits per heavy atom. The summed E-state index contributed by atoms with van der Waals surface area (Å²) in [4.78, 5) is 13.1. The van der Waals surface area contributed by atoms with E-state index < -0.39 is 19.5 Å². The van der Waals surface area contributed by atoms with Crippen molar-refractivity contribution in [3.63, 3.8) is 0 Å². The third kappa shape index (κ3) is 8.31. The standard InChI is InChI=1S/C38H46NO6P/c1-25(2)34-22-29(18-19-36(34)40)23-35-26(3)20-32(21-27(35)4)43-24-46(42,39-28(5)38(41)44-31-14-7-6-8-15-31)45-37-17-11-13-30-12-9-10-16-33(30)37/h9-13,16-22,25,28,31,40H,6-8,14-15,23-24H2,1-5H3,(H,39,42)/t28-,46+/m0/s1. The molecule has 8 heteroatoms. The summed E-state index contributed by atoms with van der Waals surface area (Å²) in [7, 11) is -3.79. The molecule has 0 heterocycles. The lowest BCUT2D eigenvalue weighted by Crippen LogP contribution is -2.38. The molecule has 0 unspecified atom stereocenters. The Kier molecular flexibility index (Phi) is 10.8. The van der Waals surface area contributed by atoms with Crippen LogP contribution in [0.2, 0.25) is 0 Å². The van der Waals surface area contributed by atoms with E-state index in [1.54, 1.807) is 19.1 Å². The average molecular weight is 644 g/mol. The van der Waals surface area contributed by atoms with Crippen molar-refractivity contribution in [1.82, 2.24) is 5.09 Å². The van der Waals surface area contributed by atoms with Crippen molar-refractivity contribution in [1.29, 1.82) is 0 Å². The number of rotatable bonds is 12. The number of carbonyl (C=O) groups is 1. The van der Waals surface area contributed by atoms with Crippen molar-refractivity contribution >= 4 is 24.3 Å². The van der Waals surface area contributed by atoms with Crippen molar-refractivity contribution in [2.75, 3.05) is 6.35 Å². The van der Waals surface area contributed by atoms with E-state index in [2.05, 4.69) is 25.0 Å². The Morgan fingerprint density at radius 2 is 1.63 bits per heavy atom. The van der Waals surface area contributed by atoms with Crippen LogP contribution in [0.5, 0.6) is 17.2 Å². The van der Waals surface area contributed by atoms with Gasteiger partial charge in [-0.05, 0) is 116 Å². The minimum atomic E-state index is -3.79. The second kappa shape index (κ2) is 14.7. The van der Waals surface area contributed by atoms with Gasteiger partial charge in [-0.1, -0.05) is 68.8 Å². The SMILES string of the molecule is Cc1cc(OC[P@](=O)(N[C@@H](C)C(=O)OC2CCCCC2)Oc2cccc3ccccc23)cc(C)c1Cc1ccc(O)c(C(C)C)c1. The van der Waals surface area contributed by atoms with Crippen LogP contribution < -0.4 is 14.3 Å². The van der Waals surface area contributed by atoms with Gasteiger partial charge in [0.05, 0.1) is 0 Å². The molecule has 0 bridgehead atoms. The van der Waals surface area contributed by atoms with Crippen LogP contribution in [0.1, 0.15) is 86.6 Å². The fraction of sp³-hybridized carbons (Fsp3) is 0.395. The zero-order chi connectivity index (χ0) is 32.8. The van der Waals surface area contributed by atoms with E-state index in [1.165, 1.54) is 5.56 Å². The van der Waals surface area contributed by atoms with Crippen LogP contribution in [-0.2, 0) is 20.5 Å². The molecule has 7 nitrogen and oxygen atoms in total. The quantitative estimate of drug-likeness (QED) is 0.117. The lowest BCUT2D eigenvalue weighted by Gasteiger charge is -2.27. The molecule has 0 spiro atoms. The van der Waals surface area contributed by atoms with Gasteiger partial charge >= 0.3 is 13.5 Å². The van der Waals surface area contributed by atoms with E-state index in [-0.39, 0.29) is 18.4 Å². The van der Waals surface area contributed by atoms with Gasteiger partial charge in [0.2, 0.25) is 0 Å². The summed E-state index contributed by atoms with van der Waals surface area (Å²) >= 11 is 0. The van der Waals surface area contributed by atoms with Gasteiger partial charge in [-0.2, -0.15) is 0 Å². The van der Waals surface area contributed by atoms with Gasteiger partial charge in [-0.15, -0.1) is 0 Å². The first-order valence-electron chi connectivity index (χ1n) is 16.3. The molecule has 0 radical (unpaired) electrons. The number of phenols is 1. The molecule has 1 fully saturated rings. The molecular formula is C38H46NO6P. The van der Waals surface area contributed by atoms with Crippen LogP contribution in [-0.4, -0.2) is 29.6 Å². The highest BCUT2D eigenvalue weighted by atomic mass is 31.2. The maximum absolute atomic E-state index is 14.5. The molecule has 0 saturated heterocycles. The maximum Gasteiger partial charge on any atom is 0.354 e. The molecular weight excluding hydrogens is 597 g/mol. The maximum atomic E-state index is 14.5. The molecule has 0 aliphatic heterocycles. The molecule has 5 rings (SSSR count). The number of aryl methyl sites for hydroxylation is 2. The highest BCUT2D eigenvalue weighted by molar-refractivity contribution is 7.57. The molecule has 0 amide bonds. The summed E-state index contributed by atoms with van der Waals surface area (Å²) in [5.41, 5.74) is 5.29. The molecule has 0 aromatic heterocycles. The number of hydrogen-bond acceptors (Lipinski definition) is 6. The van der Waals surface area contributed by atoms with Crippen LogP contribution >= 0.6 is 7.52 Å². The fourth-order valence-corrected chi connectivity index (χ4v) is 7.85. The molecule has 2 N–H and O–H groups in total. The lowest BCUT2D eigenvalue weighted by atomic mass is 9.93. The highest BCUT2D eigenvalue weighted by Crippen LogP contribution is 2.46.